The summed E-state index contributed by atoms with van der Waals surface area (Å²) in [5, 5.41) is 19.6. The highest BCUT2D eigenvalue weighted by molar-refractivity contribution is 7.91. The number of hydrogen-bond donors (Lipinski definition) is 3. The van der Waals surface area contributed by atoms with Gasteiger partial charge in [0.25, 0.3) is 10.0 Å². The molecule has 0 aliphatic rings. The SMILES string of the molecule is CCN(CCCO)S(=O)(=O)c1cc([N+](=O)[O-])c(NN)s1. The van der Waals surface area contributed by atoms with Gasteiger partial charge in [0.05, 0.1) is 4.92 Å². The smallest absolute Gasteiger partial charge is 0.306 e. The van der Waals surface area contributed by atoms with E-state index in [0.29, 0.717) is 17.8 Å². The van der Waals surface area contributed by atoms with Crippen LogP contribution >= 0.6 is 11.3 Å². The average molecular weight is 324 g/mol. The topological polar surface area (TPSA) is 139 Å². The van der Waals surface area contributed by atoms with Crippen LogP contribution in [0, 0.1) is 10.1 Å². The fraction of sp³-hybridized carbons (Fsp3) is 0.556. The van der Waals surface area contributed by atoms with E-state index in [1.807, 2.05) is 0 Å². The third-order valence-electron chi connectivity index (χ3n) is 2.53. The number of hydrogen-bond acceptors (Lipinski definition) is 8. The van der Waals surface area contributed by atoms with Gasteiger partial charge in [-0.3, -0.25) is 10.1 Å². The summed E-state index contributed by atoms with van der Waals surface area (Å²) in [5.74, 6) is 5.15. The fourth-order valence-corrected chi connectivity index (χ4v) is 4.43. The van der Waals surface area contributed by atoms with E-state index in [2.05, 4.69) is 5.43 Å². The van der Waals surface area contributed by atoms with Crippen molar-refractivity contribution in [3.05, 3.63) is 16.2 Å². The minimum absolute atomic E-state index is 0.0215. The molecule has 0 unspecified atom stereocenters. The normalized spacial score (nSPS) is 11.8. The van der Waals surface area contributed by atoms with E-state index in [1.165, 1.54) is 0 Å². The number of nitrogens with two attached hydrogens (primary N) is 1. The van der Waals surface area contributed by atoms with Crippen molar-refractivity contribution in [1.29, 1.82) is 0 Å². The van der Waals surface area contributed by atoms with Crippen molar-refractivity contribution in [2.24, 2.45) is 5.84 Å². The molecule has 0 spiro atoms. The first-order valence-corrected chi connectivity index (χ1v) is 8.00. The maximum atomic E-state index is 12.3. The van der Waals surface area contributed by atoms with Gasteiger partial charge >= 0.3 is 5.69 Å². The number of thiophene rings is 1. The molecule has 1 aromatic heterocycles. The molecule has 20 heavy (non-hydrogen) atoms. The van der Waals surface area contributed by atoms with E-state index in [9.17, 15) is 18.5 Å². The first kappa shape index (κ1) is 16.8. The van der Waals surface area contributed by atoms with Gasteiger partial charge in [0.1, 0.15) is 4.21 Å². The third kappa shape index (κ3) is 3.43. The molecule has 0 fully saturated rings. The van der Waals surface area contributed by atoms with Gasteiger partial charge in [-0.25, -0.2) is 14.3 Å². The molecule has 114 valence electrons. The average Bonchev–Trinajstić information content (AvgIpc) is 2.84. The van der Waals surface area contributed by atoms with Gasteiger partial charge in [0.15, 0.2) is 5.00 Å². The number of aliphatic hydroxyl groups excluding tert-OH is 1. The van der Waals surface area contributed by atoms with Crippen molar-refractivity contribution in [3.8, 4) is 0 Å². The van der Waals surface area contributed by atoms with Crippen molar-refractivity contribution in [1.82, 2.24) is 4.31 Å². The second-order valence-corrected chi connectivity index (χ2v) is 6.97. The van der Waals surface area contributed by atoms with Crippen molar-refractivity contribution in [2.45, 2.75) is 17.6 Å². The molecule has 0 radical (unpaired) electrons. The summed E-state index contributed by atoms with van der Waals surface area (Å²) in [6.45, 7) is 1.87. The summed E-state index contributed by atoms with van der Waals surface area (Å²) in [6, 6.07) is 0.983. The van der Waals surface area contributed by atoms with Crippen LogP contribution in [0.15, 0.2) is 10.3 Å². The zero-order chi connectivity index (χ0) is 15.3. The second kappa shape index (κ2) is 6.95. The number of nitrogens with one attached hydrogen (secondary N) is 1. The van der Waals surface area contributed by atoms with Gasteiger partial charge in [-0.05, 0) is 6.42 Å². The van der Waals surface area contributed by atoms with Crippen molar-refractivity contribution >= 4 is 32.0 Å². The molecule has 1 aromatic rings. The van der Waals surface area contributed by atoms with Crippen LogP contribution in [0.2, 0.25) is 0 Å². The Labute approximate surface area is 120 Å². The predicted octanol–water partition coefficient (Wildman–Crippen LogP) is 0.335. The number of sulfonamides is 1. The van der Waals surface area contributed by atoms with E-state index in [-0.39, 0.29) is 34.6 Å². The summed E-state index contributed by atoms with van der Waals surface area (Å²) in [4.78, 5) is 10.1. The molecule has 0 amide bonds. The number of nitrogen functional groups attached to an aromatic ring is 1. The molecule has 0 aliphatic heterocycles. The Balaban J connectivity index is 3.17. The van der Waals surface area contributed by atoms with Gasteiger partial charge in [-0.1, -0.05) is 18.3 Å². The molecule has 1 heterocycles. The van der Waals surface area contributed by atoms with Crippen LogP contribution < -0.4 is 11.3 Å². The zero-order valence-corrected chi connectivity index (χ0v) is 12.4. The number of hydrazine groups is 1. The highest BCUT2D eigenvalue weighted by Crippen LogP contribution is 2.37. The van der Waals surface area contributed by atoms with Gasteiger partial charge in [-0.2, -0.15) is 4.31 Å². The van der Waals surface area contributed by atoms with Crippen LogP contribution in [-0.4, -0.2) is 42.4 Å². The Morgan fingerprint density at radius 1 is 1.60 bits per heavy atom. The van der Waals surface area contributed by atoms with Gasteiger partial charge < -0.3 is 10.5 Å². The van der Waals surface area contributed by atoms with Crippen LogP contribution in [0.25, 0.3) is 0 Å². The van der Waals surface area contributed by atoms with Crippen LogP contribution in [-0.2, 0) is 10.0 Å². The molecule has 9 nitrogen and oxygen atoms in total. The number of nitrogens with zero attached hydrogens (tertiary/aromatic N) is 2. The molecular weight excluding hydrogens is 308 g/mol. The highest BCUT2D eigenvalue weighted by atomic mass is 32.2. The first-order valence-electron chi connectivity index (χ1n) is 5.74. The van der Waals surface area contributed by atoms with Gasteiger partial charge in [0.2, 0.25) is 0 Å². The Morgan fingerprint density at radius 3 is 2.65 bits per heavy atom. The van der Waals surface area contributed by atoms with Crippen molar-refractivity contribution in [3.63, 3.8) is 0 Å². The Kier molecular flexibility index (Phi) is 5.83. The molecule has 0 aliphatic carbocycles. The second-order valence-electron chi connectivity index (χ2n) is 3.76. The number of anilines is 1. The lowest BCUT2D eigenvalue weighted by molar-refractivity contribution is -0.383. The Morgan fingerprint density at radius 2 is 2.25 bits per heavy atom. The molecule has 1 rings (SSSR count). The van der Waals surface area contributed by atoms with E-state index in [0.717, 1.165) is 10.4 Å². The first-order chi connectivity index (χ1) is 9.38. The molecule has 0 saturated carbocycles. The van der Waals surface area contributed by atoms with Gasteiger partial charge in [-0.15, -0.1) is 0 Å². The molecule has 11 heteroatoms. The van der Waals surface area contributed by atoms with Gasteiger partial charge in [0, 0.05) is 25.8 Å². The highest BCUT2D eigenvalue weighted by Gasteiger charge is 2.29. The predicted molar refractivity (Wildman–Crippen MR) is 74.9 cm³/mol. The maximum absolute atomic E-state index is 12.3. The fourth-order valence-electron chi connectivity index (χ4n) is 1.55. The quantitative estimate of drug-likeness (QED) is 0.356. The summed E-state index contributed by atoms with van der Waals surface area (Å²) in [6.07, 6.45) is 0.294. The minimum atomic E-state index is -3.83. The van der Waals surface area contributed by atoms with E-state index in [4.69, 9.17) is 10.9 Å². The largest absolute Gasteiger partial charge is 0.396 e. The number of aliphatic hydroxyl groups is 1. The zero-order valence-electron chi connectivity index (χ0n) is 10.8. The van der Waals surface area contributed by atoms with Crippen LogP contribution in [0.3, 0.4) is 0 Å². The Hall–Kier alpha value is -1.27. The lowest BCUT2D eigenvalue weighted by Gasteiger charge is -2.18. The van der Waals surface area contributed by atoms with Crippen molar-refractivity contribution < 1.29 is 18.4 Å². The molecule has 0 saturated heterocycles. The summed E-state index contributed by atoms with van der Waals surface area (Å²) in [5.41, 5.74) is 1.74. The molecule has 4 N–H and O–H groups in total. The third-order valence-corrected chi connectivity index (χ3v) is 6.01. The number of rotatable bonds is 8. The summed E-state index contributed by atoms with van der Waals surface area (Å²) >= 11 is 0.702. The standard InChI is InChI=1S/C9H16N4O5S2/c1-2-12(4-3-5-14)20(17,18)8-6-7(13(15)16)9(11-10)19-8/h6,11,14H,2-5,10H2,1H3. The maximum Gasteiger partial charge on any atom is 0.306 e. The van der Waals surface area contributed by atoms with Crippen LogP contribution in [0.1, 0.15) is 13.3 Å². The molecule has 0 atom stereocenters. The molecule has 0 aromatic carbocycles. The molecule has 0 bridgehead atoms. The van der Waals surface area contributed by atoms with E-state index >= 15 is 0 Å². The van der Waals surface area contributed by atoms with Crippen molar-refractivity contribution in [2.75, 3.05) is 25.1 Å². The van der Waals surface area contributed by atoms with Crippen LogP contribution in [0.4, 0.5) is 10.7 Å². The van der Waals surface area contributed by atoms with Crippen LogP contribution in [0.5, 0.6) is 0 Å². The lowest BCUT2D eigenvalue weighted by Crippen LogP contribution is -2.31. The summed E-state index contributed by atoms with van der Waals surface area (Å²) in [7, 11) is -3.83. The molecular formula is C9H16N4O5S2. The van der Waals surface area contributed by atoms with E-state index in [1.54, 1.807) is 6.92 Å². The minimum Gasteiger partial charge on any atom is -0.396 e. The number of nitro groups is 1. The van der Waals surface area contributed by atoms with E-state index < -0.39 is 14.9 Å². The lowest BCUT2D eigenvalue weighted by atomic mass is 10.4. The Bertz CT molecular complexity index is 571. The monoisotopic (exact) mass is 324 g/mol. The summed E-state index contributed by atoms with van der Waals surface area (Å²) < 4.78 is 25.7.